The van der Waals surface area contributed by atoms with Gasteiger partial charge in [-0.05, 0) is 24.1 Å². The molecule has 0 saturated carbocycles. The predicted molar refractivity (Wildman–Crippen MR) is 98.2 cm³/mol. The maximum absolute atomic E-state index is 12.6. The van der Waals surface area contributed by atoms with Crippen LogP contribution in [0.4, 0.5) is 8.78 Å². The fourth-order valence-corrected chi connectivity index (χ4v) is 2.87. The van der Waals surface area contributed by atoms with Gasteiger partial charge in [-0.1, -0.05) is 23.2 Å². The van der Waals surface area contributed by atoms with E-state index in [9.17, 15) is 8.78 Å². The normalized spacial score (nSPS) is 11.7. The quantitative estimate of drug-likeness (QED) is 0.548. The Morgan fingerprint density at radius 3 is 2.73 bits per heavy atom. The number of rotatable bonds is 7. The molecule has 1 aromatic carbocycles. The lowest BCUT2D eigenvalue weighted by atomic mass is 10.2. The molecule has 1 heterocycles. The highest BCUT2D eigenvalue weighted by atomic mass is 35.5. The molecule has 0 radical (unpaired) electrons. The molecule has 2 rings (SSSR count). The number of benzene rings is 1. The van der Waals surface area contributed by atoms with Crippen LogP contribution in [0.1, 0.15) is 11.1 Å². The van der Waals surface area contributed by atoms with E-state index >= 15 is 0 Å². The van der Waals surface area contributed by atoms with Crippen LogP contribution in [-0.4, -0.2) is 35.9 Å². The summed E-state index contributed by atoms with van der Waals surface area (Å²) in [4.78, 5) is 4.09. The van der Waals surface area contributed by atoms with Gasteiger partial charge in [0.15, 0.2) is 5.96 Å². The van der Waals surface area contributed by atoms with Crippen molar-refractivity contribution in [3.05, 3.63) is 45.7 Å². The van der Waals surface area contributed by atoms with Gasteiger partial charge < -0.3 is 15.4 Å². The van der Waals surface area contributed by atoms with Gasteiger partial charge in [0.2, 0.25) is 0 Å². The Hall–Kier alpha value is -2.06. The van der Waals surface area contributed by atoms with Crippen molar-refractivity contribution in [3.63, 3.8) is 0 Å². The summed E-state index contributed by atoms with van der Waals surface area (Å²) in [6, 6.07) is 2.87. The summed E-state index contributed by atoms with van der Waals surface area (Å²) >= 11 is 11.9. The molecule has 142 valence electrons. The summed E-state index contributed by atoms with van der Waals surface area (Å²) in [5.74, 6) is 0.400. The molecule has 0 fully saturated rings. The summed E-state index contributed by atoms with van der Waals surface area (Å²) in [5, 5.41) is 10.6. The fraction of sp³-hybridized carbons (Fsp3) is 0.375. The molecule has 0 unspecified atom stereocenters. The summed E-state index contributed by atoms with van der Waals surface area (Å²) in [7, 11) is 3.47. The van der Waals surface area contributed by atoms with Gasteiger partial charge in [0.1, 0.15) is 5.75 Å². The van der Waals surface area contributed by atoms with Gasteiger partial charge in [0.25, 0.3) is 0 Å². The maximum Gasteiger partial charge on any atom is 0.387 e. The van der Waals surface area contributed by atoms with Crippen LogP contribution in [-0.2, 0) is 20.0 Å². The zero-order valence-corrected chi connectivity index (χ0v) is 15.8. The molecule has 2 N–H and O–H groups in total. The van der Waals surface area contributed by atoms with E-state index in [1.807, 2.05) is 13.2 Å². The van der Waals surface area contributed by atoms with Gasteiger partial charge in [-0.25, -0.2) is 0 Å². The van der Waals surface area contributed by atoms with E-state index in [0.29, 0.717) is 23.1 Å². The van der Waals surface area contributed by atoms with Gasteiger partial charge in [-0.15, -0.1) is 0 Å². The number of alkyl halides is 2. The Balaban J connectivity index is 1.95. The van der Waals surface area contributed by atoms with Crippen molar-refractivity contribution in [2.75, 3.05) is 13.6 Å². The first kappa shape index (κ1) is 20.3. The smallest absolute Gasteiger partial charge is 0.387 e. The standard InChI is InChI=1S/C16H19Cl2F2N5O/c1-21-16(22-4-3-10-7-24-25(2)9-10)23-8-11-5-12(17)6-13(18)14(11)26-15(19)20/h5-7,9,15H,3-4,8H2,1-2H3,(H2,21,22,23). The van der Waals surface area contributed by atoms with Crippen molar-refractivity contribution in [2.45, 2.75) is 19.6 Å². The second-order valence-electron chi connectivity index (χ2n) is 5.38. The maximum atomic E-state index is 12.6. The molecule has 2 aromatic rings. The van der Waals surface area contributed by atoms with Crippen LogP contribution in [0, 0.1) is 0 Å². The number of guanidine groups is 1. The second kappa shape index (κ2) is 9.59. The van der Waals surface area contributed by atoms with E-state index in [-0.39, 0.29) is 17.3 Å². The van der Waals surface area contributed by atoms with E-state index in [1.54, 1.807) is 17.9 Å². The number of aromatic nitrogens is 2. The molecule has 0 atom stereocenters. The minimum absolute atomic E-state index is 0.0223. The SMILES string of the molecule is CN=C(NCCc1cnn(C)c1)NCc1cc(Cl)cc(Cl)c1OC(F)F. The van der Waals surface area contributed by atoms with E-state index in [2.05, 4.69) is 25.5 Å². The molecular weight excluding hydrogens is 387 g/mol. The van der Waals surface area contributed by atoms with Crippen LogP contribution in [0.25, 0.3) is 0 Å². The van der Waals surface area contributed by atoms with Crippen molar-refractivity contribution in [1.29, 1.82) is 0 Å². The number of nitrogens with zero attached hydrogens (tertiary/aromatic N) is 3. The van der Waals surface area contributed by atoms with Gasteiger partial charge in [0, 0.05) is 44.0 Å². The molecule has 10 heteroatoms. The summed E-state index contributed by atoms with van der Waals surface area (Å²) in [5.41, 5.74) is 1.49. The number of hydrogen-bond acceptors (Lipinski definition) is 3. The van der Waals surface area contributed by atoms with Crippen molar-refractivity contribution in [2.24, 2.45) is 12.0 Å². The number of halogens is 4. The molecule has 0 aliphatic rings. The number of aliphatic imine (C=N–C) groups is 1. The monoisotopic (exact) mass is 405 g/mol. The highest BCUT2D eigenvalue weighted by molar-refractivity contribution is 6.35. The van der Waals surface area contributed by atoms with Gasteiger partial charge in [0.05, 0.1) is 11.2 Å². The first-order valence-electron chi connectivity index (χ1n) is 7.73. The van der Waals surface area contributed by atoms with Crippen molar-refractivity contribution < 1.29 is 13.5 Å². The second-order valence-corrected chi connectivity index (χ2v) is 6.22. The van der Waals surface area contributed by atoms with Crippen LogP contribution in [0.2, 0.25) is 10.0 Å². The summed E-state index contributed by atoms with van der Waals surface area (Å²) in [6.45, 7) is -2.19. The molecule has 0 spiro atoms. The zero-order chi connectivity index (χ0) is 19.1. The zero-order valence-electron chi connectivity index (χ0n) is 14.3. The Kier molecular flexibility index (Phi) is 7.47. The lowest BCUT2D eigenvalue weighted by molar-refractivity contribution is -0.0504. The summed E-state index contributed by atoms with van der Waals surface area (Å²) in [6.07, 6.45) is 4.48. The highest BCUT2D eigenvalue weighted by Crippen LogP contribution is 2.33. The lowest BCUT2D eigenvalue weighted by Crippen LogP contribution is -2.38. The fourth-order valence-electron chi connectivity index (χ4n) is 2.29. The highest BCUT2D eigenvalue weighted by Gasteiger charge is 2.15. The summed E-state index contributed by atoms with van der Waals surface area (Å²) < 4.78 is 31.4. The third-order valence-electron chi connectivity index (χ3n) is 3.43. The van der Waals surface area contributed by atoms with E-state index in [1.165, 1.54) is 12.1 Å². The Bertz CT molecular complexity index is 767. The topological polar surface area (TPSA) is 63.5 Å². The Labute approximate surface area is 160 Å². The minimum atomic E-state index is -2.98. The Morgan fingerprint density at radius 1 is 1.35 bits per heavy atom. The largest absolute Gasteiger partial charge is 0.433 e. The molecule has 1 aromatic heterocycles. The number of ether oxygens (including phenoxy) is 1. The third-order valence-corrected chi connectivity index (χ3v) is 3.93. The number of nitrogens with one attached hydrogen (secondary N) is 2. The van der Waals surface area contributed by atoms with E-state index in [0.717, 1.165) is 12.0 Å². The van der Waals surface area contributed by atoms with Gasteiger partial charge >= 0.3 is 6.61 Å². The molecule has 6 nitrogen and oxygen atoms in total. The first-order chi connectivity index (χ1) is 12.4. The van der Waals surface area contributed by atoms with Crippen molar-refractivity contribution in [1.82, 2.24) is 20.4 Å². The van der Waals surface area contributed by atoms with Crippen LogP contribution >= 0.6 is 23.2 Å². The van der Waals surface area contributed by atoms with Crippen LogP contribution in [0.5, 0.6) is 5.75 Å². The molecule has 26 heavy (non-hydrogen) atoms. The molecule has 0 amide bonds. The van der Waals surface area contributed by atoms with Crippen LogP contribution < -0.4 is 15.4 Å². The average Bonchev–Trinajstić information content (AvgIpc) is 2.98. The van der Waals surface area contributed by atoms with Crippen molar-refractivity contribution in [3.8, 4) is 5.75 Å². The van der Waals surface area contributed by atoms with Crippen LogP contribution in [0.3, 0.4) is 0 Å². The Morgan fingerprint density at radius 2 is 2.12 bits per heavy atom. The predicted octanol–water partition coefficient (Wildman–Crippen LogP) is 3.24. The molecule has 0 saturated heterocycles. The molecular formula is C16H19Cl2F2N5O. The minimum Gasteiger partial charge on any atom is -0.433 e. The van der Waals surface area contributed by atoms with Crippen LogP contribution in [0.15, 0.2) is 29.5 Å². The van der Waals surface area contributed by atoms with Gasteiger partial charge in [-0.3, -0.25) is 9.67 Å². The lowest BCUT2D eigenvalue weighted by Gasteiger charge is -2.16. The van der Waals surface area contributed by atoms with Gasteiger partial charge in [-0.2, -0.15) is 13.9 Å². The van der Waals surface area contributed by atoms with Crippen molar-refractivity contribution >= 4 is 29.2 Å². The molecule has 0 aliphatic carbocycles. The average molecular weight is 406 g/mol. The number of aryl methyl sites for hydroxylation is 1. The molecule has 0 aliphatic heterocycles. The first-order valence-corrected chi connectivity index (χ1v) is 8.49. The molecule has 0 bridgehead atoms. The van der Waals surface area contributed by atoms with E-state index in [4.69, 9.17) is 23.2 Å². The number of hydrogen-bond donors (Lipinski definition) is 2. The van der Waals surface area contributed by atoms with E-state index < -0.39 is 6.61 Å². The third kappa shape index (κ3) is 6.03.